The molecule has 5 heterocycles. The number of H-pyrrole nitrogens is 1. The predicted octanol–water partition coefficient (Wildman–Crippen LogP) is 4.42. The molecule has 3 saturated heterocycles. The van der Waals surface area contributed by atoms with E-state index in [-0.39, 0.29) is 17.8 Å². The summed E-state index contributed by atoms with van der Waals surface area (Å²) < 4.78 is 19.3. The zero-order valence-corrected chi connectivity index (χ0v) is 23.1. The van der Waals surface area contributed by atoms with E-state index in [1.807, 2.05) is 18.2 Å². The highest BCUT2D eigenvalue weighted by Crippen LogP contribution is 2.36. The van der Waals surface area contributed by atoms with E-state index in [4.69, 9.17) is 4.74 Å². The Morgan fingerprint density at radius 1 is 1.12 bits per heavy atom. The third-order valence-corrected chi connectivity index (χ3v) is 8.68. The number of anilines is 3. The molecule has 9 nitrogen and oxygen atoms in total. The Balaban J connectivity index is 1.15. The molecule has 0 radical (unpaired) electrons. The molecule has 2 atom stereocenters. The molecule has 0 saturated carbocycles. The van der Waals surface area contributed by atoms with Gasteiger partial charge < -0.3 is 20.3 Å². The van der Waals surface area contributed by atoms with Crippen molar-refractivity contribution in [3.63, 3.8) is 0 Å². The van der Waals surface area contributed by atoms with Crippen LogP contribution in [-0.4, -0.2) is 77.5 Å². The highest BCUT2D eigenvalue weighted by molar-refractivity contribution is 6.11. The van der Waals surface area contributed by atoms with Crippen molar-refractivity contribution in [3.8, 4) is 0 Å². The number of amides is 1. The topological polar surface area (TPSA) is 98.4 Å². The molecule has 3 aliphatic rings. The standard InChI is InChI=1S/C31H34FN7O2/c1-38-17-25-14-24(38)18-39(25)23-5-6-26(28(15-23)34-21-7-9-41-10-8-21)31(40)35-30-27-13-22(33-16-29(27)36-37-30)12-19-3-2-4-20(32)11-19/h2-6,11,13,15-16,21,24-25,34H,7-10,12,14,17-18H2,1H3,(H2,35,36,37,40). The molecule has 7 rings (SSSR count). The number of nitrogens with one attached hydrogen (secondary N) is 3. The first-order valence-corrected chi connectivity index (χ1v) is 14.3. The monoisotopic (exact) mass is 555 g/mol. The van der Waals surface area contributed by atoms with Crippen molar-refractivity contribution in [2.45, 2.75) is 43.8 Å². The molecule has 0 aliphatic carbocycles. The van der Waals surface area contributed by atoms with Gasteiger partial charge in [0, 0.05) is 73.3 Å². The van der Waals surface area contributed by atoms with Crippen LogP contribution in [0.3, 0.4) is 0 Å². The molecule has 2 unspecified atom stereocenters. The average Bonchev–Trinajstić information content (AvgIpc) is 3.68. The van der Waals surface area contributed by atoms with Crippen molar-refractivity contribution in [2.75, 3.05) is 48.9 Å². The van der Waals surface area contributed by atoms with Crippen LogP contribution in [0.4, 0.5) is 21.6 Å². The Kier molecular flexibility index (Phi) is 6.80. The largest absolute Gasteiger partial charge is 0.381 e. The van der Waals surface area contributed by atoms with E-state index in [2.05, 4.69) is 54.8 Å². The quantitative estimate of drug-likeness (QED) is 0.311. The Hall–Kier alpha value is -4.02. The number of ether oxygens (including phenoxy) is 1. The number of hydrogen-bond acceptors (Lipinski definition) is 7. The van der Waals surface area contributed by atoms with Crippen LogP contribution in [0.1, 0.15) is 40.9 Å². The van der Waals surface area contributed by atoms with Crippen LogP contribution in [0.15, 0.2) is 54.7 Å². The number of pyridine rings is 1. The van der Waals surface area contributed by atoms with Gasteiger partial charge in [-0.05, 0) is 68.3 Å². The Morgan fingerprint density at radius 3 is 2.78 bits per heavy atom. The number of piperazine rings is 1. The van der Waals surface area contributed by atoms with Gasteiger partial charge in [0.2, 0.25) is 0 Å². The minimum atomic E-state index is -0.277. The van der Waals surface area contributed by atoms with E-state index < -0.39 is 0 Å². The van der Waals surface area contributed by atoms with Gasteiger partial charge in [-0.3, -0.25) is 19.8 Å². The van der Waals surface area contributed by atoms with Gasteiger partial charge in [-0.1, -0.05) is 12.1 Å². The number of aromatic nitrogens is 3. The maximum absolute atomic E-state index is 13.7. The molecule has 1 amide bonds. The van der Waals surface area contributed by atoms with Crippen molar-refractivity contribution in [2.24, 2.45) is 0 Å². The summed E-state index contributed by atoms with van der Waals surface area (Å²) in [4.78, 5) is 23.1. The molecule has 4 aromatic rings. The van der Waals surface area contributed by atoms with E-state index in [1.54, 1.807) is 12.3 Å². The lowest BCUT2D eigenvalue weighted by Crippen LogP contribution is -2.44. The lowest BCUT2D eigenvalue weighted by Gasteiger charge is -2.34. The van der Waals surface area contributed by atoms with Crippen LogP contribution in [-0.2, 0) is 11.2 Å². The van der Waals surface area contributed by atoms with Crippen molar-refractivity contribution >= 4 is 34.0 Å². The van der Waals surface area contributed by atoms with E-state index in [1.165, 1.54) is 18.6 Å². The van der Waals surface area contributed by atoms with E-state index in [9.17, 15) is 9.18 Å². The summed E-state index contributed by atoms with van der Waals surface area (Å²) in [6.07, 6.45) is 5.15. The molecule has 2 bridgehead atoms. The molecule has 212 valence electrons. The summed E-state index contributed by atoms with van der Waals surface area (Å²) in [7, 11) is 2.20. The van der Waals surface area contributed by atoms with Gasteiger partial charge in [0.25, 0.3) is 5.91 Å². The highest BCUT2D eigenvalue weighted by Gasteiger charge is 2.41. The maximum atomic E-state index is 13.7. The number of halogens is 1. The number of benzene rings is 2. The summed E-state index contributed by atoms with van der Waals surface area (Å²) in [6.45, 7) is 3.51. The minimum Gasteiger partial charge on any atom is -0.381 e. The lowest BCUT2D eigenvalue weighted by atomic mass is 10.1. The molecule has 10 heteroatoms. The van der Waals surface area contributed by atoms with E-state index in [0.29, 0.717) is 48.6 Å². The van der Waals surface area contributed by atoms with Gasteiger partial charge in [-0.25, -0.2) is 4.39 Å². The van der Waals surface area contributed by atoms with Crippen LogP contribution >= 0.6 is 0 Å². The number of fused-ring (bicyclic) bond motifs is 3. The zero-order chi connectivity index (χ0) is 27.9. The second-order valence-corrected chi connectivity index (χ2v) is 11.5. The fraction of sp³-hybridized carbons (Fsp3) is 0.387. The van der Waals surface area contributed by atoms with Crippen molar-refractivity contribution in [1.82, 2.24) is 20.1 Å². The van der Waals surface area contributed by atoms with Crippen molar-refractivity contribution < 1.29 is 13.9 Å². The predicted molar refractivity (Wildman–Crippen MR) is 157 cm³/mol. The first-order valence-electron chi connectivity index (χ1n) is 14.3. The van der Waals surface area contributed by atoms with Crippen LogP contribution in [0, 0.1) is 5.82 Å². The van der Waals surface area contributed by atoms with Gasteiger partial charge in [0.1, 0.15) is 5.82 Å². The normalized spacial score (nSPS) is 21.1. The van der Waals surface area contributed by atoms with Crippen LogP contribution in [0.2, 0.25) is 0 Å². The number of nitrogens with zero attached hydrogens (tertiary/aromatic N) is 4. The van der Waals surface area contributed by atoms with E-state index >= 15 is 0 Å². The molecular weight excluding hydrogens is 521 g/mol. The summed E-state index contributed by atoms with van der Waals surface area (Å²) in [5, 5.41) is 14.8. The van der Waals surface area contributed by atoms with Crippen molar-refractivity contribution in [3.05, 3.63) is 77.4 Å². The highest BCUT2D eigenvalue weighted by atomic mass is 19.1. The SMILES string of the molecule is CN1CC2CC1CN2c1ccc(C(=O)Nc2n[nH]c3cnc(Cc4cccc(F)c4)cc23)c(NC2CCOCC2)c1. The summed E-state index contributed by atoms with van der Waals surface area (Å²) in [6, 6.07) is 15.8. The average molecular weight is 556 g/mol. The number of likely N-dealkylation sites (tertiary alicyclic amines) is 1. The zero-order valence-electron chi connectivity index (χ0n) is 23.1. The first-order chi connectivity index (χ1) is 20.0. The first kappa shape index (κ1) is 25.9. The van der Waals surface area contributed by atoms with Gasteiger partial charge in [0.05, 0.1) is 17.3 Å². The second kappa shape index (κ2) is 10.8. The number of likely N-dealkylation sites (N-methyl/N-ethyl adjacent to an activating group) is 1. The summed E-state index contributed by atoms with van der Waals surface area (Å²) in [5.41, 5.74) is 4.86. The number of carbonyl (C=O) groups excluding carboxylic acids is 1. The third-order valence-electron chi connectivity index (χ3n) is 8.68. The molecule has 2 aromatic carbocycles. The summed E-state index contributed by atoms with van der Waals surface area (Å²) in [5.74, 6) is -0.0693. The fourth-order valence-electron chi connectivity index (χ4n) is 6.46. The van der Waals surface area contributed by atoms with Gasteiger partial charge in [0.15, 0.2) is 5.82 Å². The summed E-state index contributed by atoms with van der Waals surface area (Å²) >= 11 is 0. The lowest BCUT2D eigenvalue weighted by molar-refractivity contribution is 0.0904. The number of carbonyl (C=O) groups is 1. The van der Waals surface area contributed by atoms with Crippen LogP contribution in [0.5, 0.6) is 0 Å². The van der Waals surface area contributed by atoms with Gasteiger partial charge in [-0.15, -0.1) is 0 Å². The van der Waals surface area contributed by atoms with Gasteiger partial charge in [-0.2, -0.15) is 5.10 Å². The molecular formula is C31H34FN7O2. The molecule has 3 fully saturated rings. The van der Waals surface area contributed by atoms with Gasteiger partial charge >= 0.3 is 0 Å². The minimum absolute atomic E-state index is 0.231. The molecule has 41 heavy (non-hydrogen) atoms. The molecule has 3 N–H and O–H groups in total. The van der Waals surface area contributed by atoms with Crippen LogP contribution < -0.4 is 15.5 Å². The molecule has 3 aliphatic heterocycles. The Morgan fingerprint density at radius 2 is 2.00 bits per heavy atom. The maximum Gasteiger partial charge on any atom is 0.258 e. The fourth-order valence-corrected chi connectivity index (χ4v) is 6.46. The number of rotatable bonds is 7. The van der Waals surface area contributed by atoms with E-state index in [0.717, 1.165) is 53.9 Å². The van der Waals surface area contributed by atoms with Crippen LogP contribution in [0.25, 0.3) is 10.9 Å². The smallest absolute Gasteiger partial charge is 0.258 e. The Bertz CT molecular complexity index is 1580. The molecule has 0 spiro atoms. The third kappa shape index (κ3) is 5.25. The second-order valence-electron chi connectivity index (χ2n) is 11.5. The number of aromatic amines is 1. The van der Waals surface area contributed by atoms with Crippen molar-refractivity contribution in [1.29, 1.82) is 0 Å². The molecule has 2 aromatic heterocycles. The Labute approximate surface area is 238 Å². The number of hydrogen-bond donors (Lipinski definition) is 3.